The van der Waals surface area contributed by atoms with Crippen LogP contribution >= 0.6 is 0 Å². The number of para-hydroxylation sites is 1. The average Bonchev–Trinajstić information content (AvgIpc) is 3.30. The first-order valence-corrected chi connectivity index (χ1v) is 11.8. The number of rotatable bonds is 4. The van der Waals surface area contributed by atoms with Crippen molar-refractivity contribution in [2.75, 3.05) is 11.4 Å². The maximum Gasteiger partial charge on any atom is 0.123 e. The molecule has 6 heteroatoms. The third-order valence-corrected chi connectivity index (χ3v) is 6.09. The van der Waals surface area contributed by atoms with E-state index in [4.69, 9.17) is 0 Å². The first-order chi connectivity index (χ1) is 15.6. The van der Waals surface area contributed by atoms with Crippen LogP contribution in [0.4, 0.5) is 10.1 Å². The third-order valence-electron chi connectivity index (χ3n) is 5.53. The quantitative estimate of drug-likeness (QED) is 0.372. The van der Waals surface area contributed by atoms with E-state index in [1.807, 2.05) is 60.8 Å². The minimum atomic E-state index is -2.09. The molecule has 1 aliphatic rings. The minimum absolute atomic E-state index is 0.0202. The van der Waals surface area contributed by atoms with Crippen LogP contribution < -0.4 is 4.90 Å². The van der Waals surface area contributed by atoms with Crippen LogP contribution in [-0.2, 0) is 16.8 Å². The van der Waals surface area contributed by atoms with Crippen LogP contribution in [0.25, 0.3) is 10.9 Å². The Morgan fingerprint density at radius 3 is 2.62 bits per heavy atom. The second-order valence-corrected chi connectivity index (χ2v) is 8.62. The van der Waals surface area contributed by atoms with Crippen molar-refractivity contribution in [2.24, 2.45) is 0 Å². The van der Waals surface area contributed by atoms with Gasteiger partial charge in [0.25, 0.3) is 0 Å². The molecule has 0 spiro atoms. The Balaban J connectivity index is 0.000000203. The zero-order valence-corrected chi connectivity index (χ0v) is 18.4. The molecule has 2 heterocycles. The molecule has 4 nitrogen and oxygen atoms in total. The number of benzene rings is 3. The zero-order chi connectivity index (χ0) is 22.3. The van der Waals surface area contributed by atoms with Crippen LogP contribution in [-0.4, -0.2) is 20.3 Å². The lowest BCUT2D eigenvalue weighted by Crippen LogP contribution is -2.22. The van der Waals surface area contributed by atoms with E-state index in [9.17, 15) is 13.2 Å². The lowest BCUT2D eigenvalue weighted by atomic mass is 10.0. The fraction of sp³-hybridized carbons (Fsp3) is 0.192. The predicted octanol–water partition coefficient (Wildman–Crippen LogP) is 5.78. The topological polar surface area (TPSA) is 56.3 Å². The first kappa shape index (κ1) is 22.1. The molecule has 4 aromatic rings. The van der Waals surface area contributed by atoms with Crippen LogP contribution in [0.3, 0.4) is 0 Å². The number of halogens is 1. The van der Waals surface area contributed by atoms with Crippen LogP contribution in [0.15, 0.2) is 91.1 Å². The molecule has 2 unspecified atom stereocenters. The normalized spacial score (nSPS) is 16.4. The van der Waals surface area contributed by atoms with Crippen molar-refractivity contribution in [1.82, 2.24) is 4.98 Å². The Hall–Kier alpha value is -3.09. The lowest BCUT2D eigenvalue weighted by Gasteiger charge is -2.27. The van der Waals surface area contributed by atoms with Crippen molar-refractivity contribution in [3.8, 4) is 0 Å². The van der Waals surface area contributed by atoms with Crippen molar-refractivity contribution in [3.05, 3.63) is 108 Å². The van der Waals surface area contributed by atoms with E-state index in [1.165, 1.54) is 11.5 Å². The van der Waals surface area contributed by atoms with Crippen LogP contribution in [0, 0.1) is 5.82 Å². The molecule has 164 valence electrons. The highest BCUT2D eigenvalue weighted by molar-refractivity contribution is 7.78. The number of nitrogens with zero attached hydrogens (tertiary/aromatic N) is 2. The molecule has 0 saturated carbocycles. The second-order valence-electron chi connectivity index (χ2n) is 7.72. The molecular formula is C26H24FN2O2S-. The standard InChI is InChI=1S/C17H18FNO2S.C9H7N/c18-15-6-2-5-14(11-15)17-8-3-9-19(17)16-7-1-4-13(10-16)12-22(20)21;1-2-6-9-8(4-1)5-3-7-10-9/h1-2,4-7,10-11,17H,3,8-9,12H2,(H,20,21);1-7H/p-1. The van der Waals surface area contributed by atoms with Crippen molar-refractivity contribution in [1.29, 1.82) is 0 Å². The summed E-state index contributed by atoms with van der Waals surface area (Å²) in [5, 5.41) is 1.20. The first-order valence-electron chi connectivity index (χ1n) is 10.6. The van der Waals surface area contributed by atoms with Gasteiger partial charge < -0.3 is 9.45 Å². The van der Waals surface area contributed by atoms with Gasteiger partial charge in [-0.05, 0) is 60.4 Å². The monoisotopic (exact) mass is 447 g/mol. The predicted molar refractivity (Wildman–Crippen MR) is 127 cm³/mol. The van der Waals surface area contributed by atoms with E-state index in [0.717, 1.165) is 41.7 Å². The van der Waals surface area contributed by atoms with E-state index < -0.39 is 11.1 Å². The molecule has 1 aromatic heterocycles. The zero-order valence-electron chi connectivity index (χ0n) is 17.6. The summed E-state index contributed by atoms with van der Waals surface area (Å²) in [4.78, 5) is 6.41. The van der Waals surface area contributed by atoms with Gasteiger partial charge in [0.15, 0.2) is 0 Å². The van der Waals surface area contributed by atoms with Gasteiger partial charge in [0.2, 0.25) is 0 Å². The van der Waals surface area contributed by atoms with Crippen molar-refractivity contribution in [2.45, 2.75) is 24.6 Å². The Labute approximate surface area is 190 Å². The van der Waals surface area contributed by atoms with E-state index in [2.05, 4.69) is 22.0 Å². The van der Waals surface area contributed by atoms with E-state index in [0.29, 0.717) is 0 Å². The third kappa shape index (κ3) is 5.58. The molecule has 0 amide bonds. The Bertz CT molecular complexity index is 1150. The fourth-order valence-corrected chi connectivity index (χ4v) is 4.56. The highest BCUT2D eigenvalue weighted by atomic mass is 32.2. The van der Waals surface area contributed by atoms with Crippen LogP contribution in [0.2, 0.25) is 0 Å². The smallest absolute Gasteiger partial charge is 0.123 e. The summed E-state index contributed by atoms with van der Waals surface area (Å²) < 4.78 is 35.2. The summed E-state index contributed by atoms with van der Waals surface area (Å²) in [6.07, 6.45) is 3.82. The van der Waals surface area contributed by atoms with Gasteiger partial charge in [0.1, 0.15) is 5.82 Å². The van der Waals surface area contributed by atoms with E-state index in [-0.39, 0.29) is 17.6 Å². The molecule has 1 saturated heterocycles. The minimum Gasteiger partial charge on any atom is -0.772 e. The van der Waals surface area contributed by atoms with Gasteiger partial charge in [-0.25, -0.2) is 4.39 Å². The van der Waals surface area contributed by atoms with Gasteiger partial charge in [-0.1, -0.05) is 59.6 Å². The van der Waals surface area contributed by atoms with Gasteiger partial charge in [-0.2, -0.15) is 0 Å². The van der Waals surface area contributed by atoms with Gasteiger partial charge in [0.05, 0.1) is 11.6 Å². The van der Waals surface area contributed by atoms with Crippen LogP contribution in [0.5, 0.6) is 0 Å². The molecule has 2 atom stereocenters. The number of hydrogen-bond donors (Lipinski definition) is 0. The lowest BCUT2D eigenvalue weighted by molar-refractivity contribution is 0.536. The van der Waals surface area contributed by atoms with Crippen molar-refractivity contribution in [3.63, 3.8) is 0 Å². The fourth-order valence-electron chi connectivity index (χ4n) is 4.11. The van der Waals surface area contributed by atoms with Crippen LogP contribution in [0.1, 0.15) is 30.0 Å². The summed E-state index contributed by atoms with van der Waals surface area (Å²) in [7, 11) is 0. The number of aromatic nitrogens is 1. The molecule has 1 aliphatic heterocycles. The summed E-state index contributed by atoms with van der Waals surface area (Å²) >= 11 is -2.09. The molecule has 0 bridgehead atoms. The van der Waals surface area contributed by atoms with Gasteiger partial charge in [0, 0.05) is 29.6 Å². The molecule has 1 fully saturated rings. The largest absolute Gasteiger partial charge is 0.772 e. The number of anilines is 1. The average molecular weight is 448 g/mol. The van der Waals surface area contributed by atoms with Crippen molar-refractivity contribution < 1.29 is 13.2 Å². The molecule has 0 aliphatic carbocycles. The highest BCUT2D eigenvalue weighted by Crippen LogP contribution is 2.36. The van der Waals surface area contributed by atoms with Gasteiger partial charge in [-0.15, -0.1) is 0 Å². The Morgan fingerprint density at radius 2 is 1.81 bits per heavy atom. The van der Waals surface area contributed by atoms with E-state index in [1.54, 1.807) is 12.1 Å². The highest BCUT2D eigenvalue weighted by Gasteiger charge is 2.26. The van der Waals surface area contributed by atoms with E-state index >= 15 is 0 Å². The maximum absolute atomic E-state index is 13.5. The number of pyridine rings is 1. The number of hydrogen-bond acceptors (Lipinski definition) is 4. The number of fused-ring (bicyclic) bond motifs is 1. The molecule has 3 aromatic carbocycles. The molecule has 5 rings (SSSR count). The summed E-state index contributed by atoms with van der Waals surface area (Å²) in [6.45, 7) is 0.894. The maximum atomic E-state index is 13.5. The SMILES string of the molecule is O=S([O-])Cc1cccc(N2CCCC2c2cccc(F)c2)c1.c1ccc2ncccc2c1. The molecular weight excluding hydrogens is 423 g/mol. The molecule has 0 N–H and O–H groups in total. The second kappa shape index (κ2) is 10.5. The van der Waals surface area contributed by atoms with Gasteiger partial charge >= 0.3 is 0 Å². The summed E-state index contributed by atoms with van der Waals surface area (Å²) in [5.41, 5.74) is 3.80. The summed E-state index contributed by atoms with van der Waals surface area (Å²) in [5.74, 6) is -0.202. The Kier molecular flexibility index (Phi) is 7.24. The van der Waals surface area contributed by atoms with Gasteiger partial charge in [-0.3, -0.25) is 9.19 Å². The molecule has 0 radical (unpaired) electrons. The molecule has 32 heavy (non-hydrogen) atoms. The Morgan fingerprint density at radius 1 is 1.00 bits per heavy atom. The summed E-state index contributed by atoms with van der Waals surface area (Å²) in [6, 6.07) is 26.5. The van der Waals surface area contributed by atoms with Crippen molar-refractivity contribution >= 4 is 27.7 Å².